The third-order valence-corrected chi connectivity index (χ3v) is 8.32. The van der Waals surface area contributed by atoms with E-state index in [9.17, 15) is 14.0 Å². The third kappa shape index (κ3) is 5.28. The number of halogens is 1. The fourth-order valence-corrected chi connectivity index (χ4v) is 5.91. The molecular formula is C30H33FN4O3. The van der Waals surface area contributed by atoms with Crippen molar-refractivity contribution in [3.8, 4) is 5.69 Å². The molecule has 1 aliphatic heterocycles. The standard InChI is InChI=1S/C30H33FN4O3/c31-23-7-3-20(4-8-23)25-14-27(25)33-11-1-2-26(28(36)22-15-30(16-22)17-38-18-30)34-29(37)21-5-9-24(10-6-21)35-13-12-32-19-35/h3-10,12-13,19,22,25-27,33H,1-2,11,14-18H2,(H,34,37)/t25-,26-,27+/m0/s1. The van der Waals surface area contributed by atoms with Gasteiger partial charge in [-0.1, -0.05) is 12.1 Å². The van der Waals surface area contributed by atoms with Gasteiger partial charge in [-0.05, 0) is 80.6 Å². The Hall–Kier alpha value is -3.36. The molecule has 1 amide bonds. The van der Waals surface area contributed by atoms with E-state index in [1.807, 2.05) is 35.0 Å². The predicted molar refractivity (Wildman–Crippen MR) is 141 cm³/mol. The monoisotopic (exact) mass is 516 g/mol. The number of ether oxygens (including phenoxy) is 1. The average molecular weight is 517 g/mol. The van der Waals surface area contributed by atoms with Gasteiger partial charge in [0.2, 0.25) is 0 Å². The molecule has 2 heterocycles. The van der Waals surface area contributed by atoms with E-state index in [4.69, 9.17) is 4.74 Å². The molecular weight excluding hydrogens is 483 g/mol. The van der Waals surface area contributed by atoms with Crippen molar-refractivity contribution in [1.82, 2.24) is 20.2 Å². The van der Waals surface area contributed by atoms with Gasteiger partial charge in [-0.25, -0.2) is 9.37 Å². The topological polar surface area (TPSA) is 85.3 Å². The van der Waals surface area contributed by atoms with Crippen molar-refractivity contribution < 1.29 is 18.7 Å². The molecule has 0 bridgehead atoms. The fraction of sp³-hybridized carbons (Fsp3) is 0.433. The largest absolute Gasteiger partial charge is 0.380 e. The summed E-state index contributed by atoms with van der Waals surface area (Å²) < 4.78 is 20.4. The number of Topliss-reactive ketones (excluding diaryl/α,β-unsaturated/α-hetero) is 1. The smallest absolute Gasteiger partial charge is 0.251 e. The molecule has 2 saturated carbocycles. The highest BCUT2D eigenvalue weighted by Crippen LogP contribution is 2.51. The van der Waals surface area contributed by atoms with E-state index in [0.29, 0.717) is 23.9 Å². The third-order valence-electron chi connectivity index (χ3n) is 8.32. The molecule has 1 saturated heterocycles. The van der Waals surface area contributed by atoms with Crippen molar-refractivity contribution in [1.29, 1.82) is 0 Å². The SMILES string of the molecule is O=C(N[C@@H](CCCN[C@@H]1C[C@H]1c1ccc(F)cc1)C(=O)C1CC2(COC2)C1)c1ccc(-n2ccnc2)cc1. The Bertz CT molecular complexity index is 1260. The molecule has 7 nitrogen and oxygen atoms in total. The van der Waals surface area contributed by atoms with Crippen LogP contribution < -0.4 is 10.6 Å². The number of hydrogen-bond donors (Lipinski definition) is 2. The minimum atomic E-state index is -0.506. The summed E-state index contributed by atoms with van der Waals surface area (Å²) >= 11 is 0. The van der Waals surface area contributed by atoms with Gasteiger partial charge in [0, 0.05) is 46.9 Å². The van der Waals surface area contributed by atoms with Gasteiger partial charge in [0.1, 0.15) is 5.82 Å². The van der Waals surface area contributed by atoms with Crippen LogP contribution in [0.4, 0.5) is 4.39 Å². The maximum atomic E-state index is 13.4. The highest BCUT2D eigenvalue weighted by molar-refractivity contribution is 5.98. The average Bonchev–Trinajstić information content (AvgIpc) is 3.43. The molecule has 3 aromatic rings. The Balaban J connectivity index is 1.04. The molecule has 38 heavy (non-hydrogen) atoms. The zero-order valence-corrected chi connectivity index (χ0v) is 21.3. The van der Waals surface area contributed by atoms with E-state index >= 15 is 0 Å². The first-order valence-electron chi connectivity index (χ1n) is 13.5. The molecule has 2 aromatic carbocycles. The maximum absolute atomic E-state index is 13.4. The lowest BCUT2D eigenvalue weighted by Gasteiger charge is -2.53. The van der Waals surface area contributed by atoms with Crippen LogP contribution in [0, 0.1) is 17.2 Å². The fourth-order valence-electron chi connectivity index (χ4n) is 5.91. The van der Waals surface area contributed by atoms with Crippen molar-refractivity contribution in [2.75, 3.05) is 19.8 Å². The highest BCUT2D eigenvalue weighted by atomic mass is 19.1. The highest BCUT2D eigenvalue weighted by Gasteiger charge is 2.53. The number of amides is 1. The second-order valence-corrected chi connectivity index (χ2v) is 11.1. The lowest BCUT2D eigenvalue weighted by Crippen LogP contribution is -2.57. The van der Waals surface area contributed by atoms with Gasteiger partial charge < -0.3 is 19.9 Å². The van der Waals surface area contributed by atoms with Crippen LogP contribution in [-0.2, 0) is 9.53 Å². The van der Waals surface area contributed by atoms with Crippen molar-refractivity contribution in [3.63, 3.8) is 0 Å². The number of carbonyl (C=O) groups excluding carboxylic acids is 2. The number of hydrogen-bond acceptors (Lipinski definition) is 5. The number of aromatic nitrogens is 2. The zero-order valence-electron chi connectivity index (χ0n) is 21.3. The van der Waals surface area contributed by atoms with Crippen molar-refractivity contribution in [2.45, 2.75) is 50.1 Å². The summed E-state index contributed by atoms with van der Waals surface area (Å²) in [7, 11) is 0. The molecule has 198 valence electrons. The molecule has 6 rings (SSSR count). The van der Waals surface area contributed by atoms with Crippen molar-refractivity contribution in [3.05, 3.63) is 84.2 Å². The van der Waals surface area contributed by atoms with Crippen LogP contribution in [-0.4, -0.2) is 53.1 Å². The van der Waals surface area contributed by atoms with E-state index in [1.165, 1.54) is 12.1 Å². The van der Waals surface area contributed by atoms with E-state index in [1.54, 1.807) is 24.7 Å². The number of nitrogens with zero attached hydrogens (tertiary/aromatic N) is 2. The number of rotatable bonds is 11. The summed E-state index contributed by atoms with van der Waals surface area (Å²) in [6, 6.07) is 13.9. The quantitative estimate of drug-likeness (QED) is 0.376. The van der Waals surface area contributed by atoms with Crippen LogP contribution in [0.3, 0.4) is 0 Å². The van der Waals surface area contributed by atoms with Crippen LogP contribution >= 0.6 is 0 Å². The molecule has 2 aliphatic carbocycles. The minimum Gasteiger partial charge on any atom is -0.380 e. The second kappa shape index (κ2) is 10.4. The predicted octanol–water partition coefficient (Wildman–Crippen LogP) is 4.03. The van der Waals surface area contributed by atoms with Gasteiger partial charge in [0.25, 0.3) is 5.91 Å². The van der Waals surface area contributed by atoms with Crippen LogP contribution in [0.2, 0.25) is 0 Å². The first-order valence-corrected chi connectivity index (χ1v) is 13.5. The Morgan fingerprint density at radius 2 is 1.87 bits per heavy atom. The molecule has 0 unspecified atom stereocenters. The summed E-state index contributed by atoms with van der Waals surface area (Å²) in [6.07, 6.45) is 9.39. The number of benzene rings is 2. The van der Waals surface area contributed by atoms with Crippen LogP contribution in [0.5, 0.6) is 0 Å². The van der Waals surface area contributed by atoms with Gasteiger partial charge in [0.05, 0.1) is 25.6 Å². The summed E-state index contributed by atoms with van der Waals surface area (Å²) in [6.45, 7) is 2.26. The van der Waals surface area contributed by atoms with Crippen molar-refractivity contribution >= 4 is 11.7 Å². The lowest BCUT2D eigenvalue weighted by atomic mass is 9.58. The van der Waals surface area contributed by atoms with E-state index in [2.05, 4.69) is 15.6 Å². The zero-order chi connectivity index (χ0) is 26.1. The van der Waals surface area contributed by atoms with Gasteiger partial charge in [-0.3, -0.25) is 9.59 Å². The van der Waals surface area contributed by atoms with Crippen LogP contribution in [0.1, 0.15) is 53.9 Å². The number of ketones is 1. The van der Waals surface area contributed by atoms with Gasteiger partial charge in [0.15, 0.2) is 5.78 Å². The Morgan fingerprint density at radius 1 is 1.11 bits per heavy atom. The Labute approximate surface area is 221 Å². The first kappa shape index (κ1) is 24.9. The van der Waals surface area contributed by atoms with Crippen LogP contribution in [0.25, 0.3) is 5.69 Å². The Kier molecular flexibility index (Phi) is 6.84. The van der Waals surface area contributed by atoms with E-state index in [-0.39, 0.29) is 28.8 Å². The summed E-state index contributed by atoms with van der Waals surface area (Å²) in [5.41, 5.74) is 2.80. The summed E-state index contributed by atoms with van der Waals surface area (Å²) in [5.74, 6) is 0.101. The molecule has 1 spiro atoms. The van der Waals surface area contributed by atoms with Gasteiger partial charge in [-0.2, -0.15) is 0 Å². The molecule has 8 heteroatoms. The van der Waals surface area contributed by atoms with Gasteiger partial charge >= 0.3 is 0 Å². The molecule has 3 atom stereocenters. The Morgan fingerprint density at radius 3 is 2.53 bits per heavy atom. The normalized spacial score (nSPS) is 22.3. The number of imidazole rings is 1. The minimum absolute atomic E-state index is 0.00735. The molecule has 2 N–H and O–H groups in total. The van der Waals surface area contributed by atoms with Gasteiger partial charge in [-0.15, -0.1) is 0 Å². The van der Waals surface area contributed by atoms with E-state index < -0.39 is 6.04 Å². The second-order valence-electron chi connectivity index (χ2n) is 11.1. The number of carbonyl (C=O) groups is 2. The van der Waals surface area contributed by atoms with Crippen molar-refractivity contribution in [2.24, 2.45) is 11.3 Å². The summed E-state index contributed by atoms with van der Waals surface area (Å²) in [4.78, 5) is 30.6. The number of nitrogens with one attached hydrogen (secondary N) is 2. The molecule has 0 radical (unpaired) electrons. The molecule has 3 aliphatic rings. The summed E-state index contributed by atoms with van der Waals surface area (Å²) in [5, 5.41) is 6.61. The maximum Gasteiger partial charge on any atom is 0.251 e. The van der Waals surface area contributed by atoms with Crippen LogP contribution in [0.15, 0.2) is 67.3 Å². The van der Waals surface area contributed by atoms with E-state index in [0.717, 1.165) is 56.7 Å². The molecule has 1 aromatic heterocycles. The lowest BCUT2D eigenvalue weighted by molar-refractivity contribution is -0.183. The first-order chi connectivity index (χ1) is 18.5. The molecule has 3 fully saturated rings.